The zero-order valence-electron chi connectivity index (χ0n) is 11.1. The molecule has 0 aliphatic heterocycles. The van der Waals surface area contributed by atoms with Crippen molar-refractivity contribution in [3.8, 4) is 11.5 Å². The lowest BCUT2D eigenvalue weighted by atomic mass is 9.70. The van der Waals surface area contributed by atoms with Gasteiger partial charge in [-0.2, -0.15) is 0 Å². The van der Waals surface area contributed by atoms with Gasteiger partial charge in [-0.1, -0.05) is 19.3 Å². The van der Waals surface area contributed by atoms with Gasteiger partial charge >= 0.3 is 0 Å². The van der Waals surface area contributed by atoms with Crippen molar-refractivity contribution in [2.45, 2.75) is 37.5 Å². The van der Waals surface area contributed by atoms with Gasteiger partial charge in [0.05, 0.1) is 19.6 Å². The second kappa shape index (κ2) is 5.42. The van der Waals surface area contributed by atoms with Gasteiger partial charge in [-0.25, -0.2) is 0 Å². The molecule has 1 fully saturated rings. The Morgan fingerprint density at radius 3 is 2.00 bits per heavy atom. The van der Waals surface area contributed by atoms with Crippen molar-refractivity contribution in [1.29, 1.82) is 0 Å². The second-order valence-electron chi connectivity index (χ2n) is 4.94. The van der Waals surface area contributed by atoms with Gasteiger partial charge in [0.2, 0.25) is 0 Å². The molecule has 2 rings (SSSR count). The van der Waals surface area contributed by atoms with Gasteiger partial charge in [-0.15, -0.1) is 0 Å². The number of aldehydes is 1. The summed E-state index contributed by atoms with van der Waals surface area (Å²) in [6.45, 7) is 0. The third-order valence-corrected chi connectivity index (χ3v) is 3.90. The van der Waals surface area contributed by atoms with Crippen LogP contribution >= 0.6 is 0 Å². The highest BCUT2D eigenvalue weighted by atomic mass is 16.5. The van der Waals surface area contributed by atoms with Crippen molar-refractivity contribution in [3.05, 3.63) is 23.8 Å². The van der Waals surface area contributed by atoms with Crippen LogP contribution in [0.5, 0.6) is 11.5 Å². The molecule has 1 aromatic carbocycles. The molecule has 0 atom stereocenters. The molecule has 1 aromatic rings. The SMILES string of the molecule is COc1cc(OC)cc(C2(C=O)CCCCC2)c1. The van der Waals surface area contributed by atoms with E-state index in [2.05, 4.69) is 0 Å². The number of ether oxygens (including phenoxy) is 2. The van der Waals surface area contributed by atoms with Gasteiger partial charge in [0.25, 0.3) is 0 Å². The largest absolute Gasteiger partial charge is 0.497 e. The van der Waals surface area contributed by atoms with Crippen LogP contribution in [0, 0.1) is 0 Å². The van der Waals surface area contributed by atoms with E-state index in [9.17, 15) is 4.79 Å². The van der Waals surface area contributed by atoms with Crippen molar-refractivity contribution in [3.63, 3.8) is 0 Å². The third kappa shape index (κ3) is 2.35. The standard InChI is InChI=1S/C15H20O3/c1-17-13-8-12(9-14(10-13)18-2)15(11-16)6-4-3-5-7-15/h8-11H,3-7H2,1-2H3. The van der Waals surface area contributed by atoms with Gasteiger partial charge in [0.15, 0.2) is 0 Å². The number of methoxy groups -OCH3 is 2. The smallest absolute Gasteiger partial charge is 0.130 e. The maximum atomic E-state index is 11.6. The number of hydrogen-bond donors (Lipinski definition) is 0. The van der Waals surface area contributed by atoms with E-state index in [1.807, 2.05) is 18.2 Å². The fourth-order valence-corrected chi connectivity index (χ4v) is 2.75. The molecule has 1 saturated carbocycles. The second-order valence-corrected chi connectivity index (χ2v) is 4.94. The van der Waals surface area contributed by atoms with Crippen molar-refractivity contribution in [2.75, 3.05) is 14.2 Å². The number of benzene rings is 1. The van der Waals surface area contributed by atoms with E-state index < -0.39 is 0 Å². The Morgan fingerprint density at radius 1 is 1.00 bits per heavy atom. The summed E-state index contributed by atoms with van der Waals surface area (Å²) in [5.41, 5.74) is 0.675. The number of carbonyl (C=O) groups is 1. The van der Waals surface area contributed by atoms with Crippen LogP contribution in [0.15, 0.2) is 18.2 Å². The average Bonchev–Trinajstić information content (AvgIpc) is 2.47. The van der Waals surface area contributed by atoms with Gasteiger partial charge < -0.3 is 14.3 Å². The first-order valence-corrected chi connectivity index (χ1v) is 6.44. The molecule has 0 unspecified atom stereocenters. The van der Waals surface area contributed by atoms with Crippen LogP contribution in [-0.2, 0) is 10.2 Å². The average molecular weight is 248 g/mol. The third-order valence-electron chi connectivity index (χ3n) is 3.90. The molecule has 3 heteroatoms. The van der Waals surface area contributed by atoms with Crippen LogP contribution in [0.25, 0.3) is 0 Å². The lowest BCUT2D eigenvalue weighted by molar-refractivity contribution is -0.113. The van der Waals surface area contributed by atoms with Crippen LogP contribution in [0.2, 0.25) is 0 Å². The molecular weight excluding hydrogens is 228 g/mol. The number of carbonyl (C=O) groups excluding carboxylic acids is 1. The lowest BCUT2D eigenvalue weighted by Crippen LogP contribution is -2.30. The molecular formula is C15H20O3. The van der Waals surface area contributed by atoms with Crippen LogP contribution < -0.4 is 9.47 Å². The van der Waals surface area contributed by atoms with Crippen molar-refractivity contribution >= 4 is 6.29 Å². The van der Waals surface area contributed by atoms with Crippen LogP contribution in [0.3, 0.4) is 0 Å². The van der Waals surface area contributed by atoms with Crippen LogP contribution in [-0.4, -0.2) is 20.5 Å². The molecule has 0 saturated heterocycles. The molecule has 0 radical (unpaired) electrons. The molecule has 1 aliphatic carbocycles. The van der Waals surface area contributed by atoms with Crippen LogP contribution in [0.4, 0.5) is 0 Å². The summed E-state index contributed by atoms with van der Waals surface area (Å²) in [4.78, 5) is 11.6. The van der Waals surface area contributed by atoms with Crippen molar-refractivity contribution in [2.24, 2.45) is 0 Å². The topological polar surface area (TPSA) is 35.5 Å². The first-order valence-electron chi connectivity index (χ1n) is 6.44. The Labute approximate surface area is 108 Å². The molecule has 1 aliphatic rings. The molecule has 0 amide bonds. The van der Waals surface area contributed by atoms with Gasteiger partial charge in [-0.3, -0.25) is 0 Å². The minimum atomic E-state index is -0.347. The van der Waals surface area contributed by atoms with Gasteiger partial charge in [-0.05, 0) is 30.5 Å². The summed E-state index contributed by atoms with van der Waals surface area (Å²) >= 11 is 0. The molecule has 0 aromatic heterocycles. The number of rotatable bonds is 4. The summed E-state index contributed by atoms with van der Waals surface area (Å²) in [5.74, 6) is 1.49. The summed E-state index contributed by atoms with van der Waals surface area (Å²) in [7, 11) is 3.26. The quantitative estimate of drug-likeness (QED) is 0.768. The first kappa shape index (κ1) is 12.9. The summed E-state index contributed by atoms with van der Waals surface area (Å²) in [6.07, 6.45) is 6.40. The minimum Gasteiger partial charge on any atom is -0.497 e. The fraction of sp³-hybridized carbons (Fsp3) is 0.533. The maximum Gasteiger partial charge on any atom is 0.130 e. The van der Waals surface area contributed by atoms with Crippen LogP contribution in [0.1, 0.15) is 37.7 Å². The van der Waals surface area contributed by atoms with E-state index >= 15 is 0 Å². The van der Waals surface area contributed by atoms with E-state index in [4.69, 9.17) is 9.47 Å². The molecule has 98 valence electrons. The zero-order chi connectivity index (χ0) is 13.0. The summed E-state index contributed by atoms with van der Waals surface area (Å²) < 4.78 is 10.6. The normalized spacial score (nSPS) is 18.1. The van der Waals surface area contributed by atoms with E-state index in [1.165, 1.54) is 6.42 Å². The molecule has 0 bridgehead atoms. The lowest BCUT2D eigenvalue weighted by Gasteiger charge is -2.32. The predicted molar refractivity (Wildman–Crippen MR) is 70.4 cm³/mol. The first-order chi connectivity index (χ1) is 8.74. The van der Waals surface area contributed by atoms with Gasteiger partial charge in [0, 0.05) is 6.07 Å². The molecule has 18 heavy (non-hydrogen) atoms. The maximum absolute atomic E-state index is 11.6. The summed E-state index contributed by atoms with van der Waals surface area (Å²) in [6, 6.07) is 5.76. The molecule has 0 N–H and O–H groups in total. The zero-order valence-corrected chi connectivity index (χ0v) is 11.1. The number of hydrogen-bond acceptors (Lipinski definition) is 3. The van der Waals surface area contributed by atoms with E-state index in [1.54, 1.807) is 14.2 Å². The Morgan fingerprint density at radius 2 is 1.56 bits per heavy atom. The summed E-state index contributed by atoms with van der Waals surface area (Å²) in [5, 5.41) is 0. The predicted octanol–water partition coefficient (Wildman–Crippen LogP) is 3.10. The van der Waals surface area contributed by atoms with Crippen molar-refractivity contribution in [1.82, 2.24) is 0 Å². The highest BCUT2D eigenvalue weighted by Crippen LogP contribution is 2.40. The monoisotopic (exact) mass is 248 g/mol. The van der Waals surface area contributed by atoms with E-state index in [0.717, 1.165) is 49.0 Å². The Bertz CT molecular complexity index is 397. The highest BCUT2D eigenvalue weighted by molar-refractivity contribution is 5.70. The molecule has 0 spiro atoms. The Hall–Kier alpha value is -1.51. The fourth-order valence-electron chi connectivity index (χ4n) is 2.75. The van der Waals surface area contributed by atoms with E-state index in [0.29, 0.717) is 0 Å². The molecule has 0 heterocycles. The van der Waals surface area contributed by atoms with Crippen molar-refractivity contribution < 1.29 is 14.3 Å². The van der Waals surface area contributed by atoms with E-state index in [-0.39, 0.29) is 5.41 Å². The van der Waals surface area contributed by atoms with Gasteiger partial charge in [0.1, 0.15) is 17.8 Å². The molecule has 3 nitrogen and oxygen atoms in total. The highest BCUT2D eigenvalue weighted by Gasteiger charge is 2.34. The minimum absolute atomic E-state index is 0.347. The Kier molecular flexibility index (Phi) is 3.90. The Balaban J connectivity index is 2.43.